The number of likely N-dealkylation sites (tertiary alicyclic amines) is 1. The summed E-state index contributed by atoms with van der Waals surface area (Å²) in [5, 5.41) is 0. The molecule has 0 aromatic rings. The summed E-state index contributed by atoms with van der Waals surface area (Å²) >= 11 is 0. The van der Waals surface area contributed by atoms with Crippen molar-refractivity contribution < 1.29 is 14.4 Å². The summed E-state index contributed by atoms with van der Waals surface area (Å²) in [6.45, 7) is 3.42. The van der Waals surface area contributed by atoms with E-state index in [4.69, 9.17) is 0 Å². The van der Waals surface area contributed by atoms with Gasteiger partial charge >= 0.3 is 0 Å². The number of fused-ring (bicyclic) bond motifs is 1. The van der Waals surface area contributed by atoms with Crippen molar-refractivity contribution in [2.45, 2.75) is 6.42 Å². The van der Waals surface area contributed by atoms with Crippen LogP contribution in [0.2, 0.25) is 0 Å². The lowest BCUT2D eigenvalue weighted by Crippen LogP contribution is -2.33. The molecule has 4 heteroatoms. The van der Waals surface area contributed by atoms with Crippen molar-refractivity contribution in [1.29, 1.82) is 0 Å². The fraction of sp³-hybridized carbons (Fsp3) is 0.417. The summed E-state index contributed by atoms with van der Waals surface area (Å²) in [5.41, 5.74) is 0. The Bertz CT molecular complexity index is 410. The molecule has 16 heavy (non-hydrogen) atoms. The van der Waals surface area contributed by atoms with Crippen molar-refractivity contribution in [3.8, 4) is 0 Å². The summed E-state index contributed by atoms with van der Waals surface area (Å²) in [5.74, 6) is -2.02. The number of imide groups is 1. The lowest BCUT2D eigenvalue weighted by molar-refractivity contribution is -0.139. The van der Waals surface area contributed by atoms with E-state index in [2.05, 4.69) is 6.58 Å². The second kappa shape index (κ2) is 3.70. The first kappa shape index (κ1) is 10.8. The van der Waals surface area contributed by atoms with Gasteiger partial charge in [0.2, 0.25) is 11.8 Å². The van der Waals surface area contributed by atoms with Gasteiger partial charge < -0.3 is 0 Å². The Morgan fingerprint density at radius 1 is 1.50 bits per heavy atom. The molecule has 2 aliphatic rings. The minimum absolute atomic E-state index is 0.179. The van der Waals surface area contributed by atoms with E-state index < -0.39 is 11.8 Å². The van der Waals surface area contributed by atoms with Crippen LogP contribution in [0.4, 0.5) is 0 Å². The molecule has 0 N–H and O–H groups in total. The van der Waals surface area contributed by atoms with E-state index in [1.807, 2.05) is 0 Å². The van der Waals surface area contributed by atoms with Crippen LogP contribution in [0.5, 0.6) is 0 Å². The van der Waals surface area contributed by atoms with Gasteiger partial charge in [-0.05, 0) is 12.5 Å². The van der Waals surface area contributed by atoms with Crippen LogP contribution in [0.1, 0.15) is 6.42 Å². The molecule has 1 aliphatic carbocycles. The maximum atomic E-state index is 11.9. The Morgan fingerprint density at radius 2 is 2.19 bits per heavy atom. The van der Waals surface area contributed by atoms with E-state index in [1.54, 1.807) is 12.2 Å². The highest BCUT2D eigenvalue weighted by atomic mass is 16.2. The molecule has 1 unspecified atom stereocenters. The SMILES string of the molecule is C=CC(=O)C1C=CC[C@@H]2C(=O)N(C)C(=O)[C@H]12. The molecule has 1 saturated heterocycles. The third kappa shape index (κ3) is 1.33. The molecule has 0 spiro atoms. The number of nitrogens with zero attached hydrogens (tertiary/aromatic N) is 1. The smallest absolute Gasteiger partial charge is 0.233 e. The van der Waals surface area contributed by atoms with Gasteiger partial charge in [0.05, 0.1) is 17.8 Å². The Hall–Kier alpha value is -1.71. The average molecular weight is 219 g/mol. The molecule has 3 atom stereocenters. The van der Waals surface area contributed by atoms with Crippen LogP contribution in [-0.4, -0.2) is 29.5 Å². The second-order valence-electron chi connectivity index (χ2n) is 4.16. The Morgan fingerprint density at radius 3 is 2.81 bits per heavy atom. The maximum absolute atomic E-state index is 11.9. The van der Waals surface area contributed by atoms with Gasteiger partial charge in [-0.1, -0.05) is 18.7 Å². The predicted octanol–water partition coefficient (Wildman–Crippen LogP) is 0.549. The molecule has 1 fully saturated rings. The predicted molar refractivity (Wildman–Crippen MR) is 57.2 cm³/mol. The first-order valence-electron chi connectivity index (χ1n) is 5.22. The molecule has 84 valence electrons. The summed E-state index contributed by atoms with van der Waals surface area (Å²) in [4.78, 5) is 36.4. The van der Waals surface area contributed by atoms with Gasteiger partial charge in [0.25, 0.3) is 0 Å². The van der Waals surface area contributed by atoms with E-state index in [0.717, 1.165) is 4.90 Å². The number of carbonyl (C=O) groups excluding carboxylic acids is 3. The molecule has 0 aromatic heterocycles. The van der Waals surface area contributed by atoms with Crippen molar-refractivity contribution in [2.24, 2.45) is 17.8 Å². The van der Waals surface area contributed by atoms with Gasteiger partial charge in [0, 0.05) is 7.05 Å². The van der Waals surface area contributed by atoms with E-state index in [1.165, 1.54) is 13.1 Å². The Labute approximate surface area is 93.6 Å². The highest BCUT2D eigenvalue weighted by Crippen LogP contribution is 2.38. The van der Waals surface area contributed by atoms with E-state index in [-0.39, 0.29) is 23.5 Å². The Balaban J connectivity index is 2.38. The summed E-state index contributed by atoms with van der Waals surface area (Å²) in [6, 6.07) is 0. The monoisotopic (exact) mass is 219 g/mol. The van der Waals surface area contributed by atoms with Crippen LogP contribution in [0.25, 0.3) is 0 Å². The molecule has 2 amide bonds. The van der Waals surface area contributed by atoms with E-state index in [9.17, 15) is 14.4 Å². The van der Waals surface area contributed by atoms with Crippen molar-refractivity contribution >= 4 is 17.6 Å². The van der Waals surface area contributed by atoms with Crippen molar-refractivity contribution in [2.75, 3.05) is 7.05 Å². The van der Waals surface area contributed by atoms with Crippen LogP contribution < -0.4 is 0 Å². The molecule has 0 aromatic carbocycles. The van der Waals surface area contributed by atoms with Crippen molar-refractivity contribution in [1.82, 2.24) is 4.90 Å². The molecular weight excluding hydrogens is 206 g/mol. The van der Waals surface area contributed by atoms with Gasteiger partial charge in [0.1, 0.15) is 0 Å². The number of rotatable bonds is 2. The maximum Gasteiger partial charge on any atom is 0.233 e. The highest BCUT2D eigenvalue weighted by Gasteiger charge is 2.50. The fourth-order valence-corrected chi connectivity index (χ4v) is 2.46. The molecule has 1 aliphatic heterocycles. The number of hydrogen-bond acceptors (Lipinski definition) is 3. The minimum atomic E-state index is -0.520. The lowest BCUT2D eigenvalue weighted by atomic mass is 9.75. The standard InChI is InChI=1S/C12H13NO3/c1-3-9(14)7-5-4-6-8-10(7)12(16)13(2)11(8)15/h3-5,7-8,10H,1,6H2,2H3/t7?,8-,10+/m0/s1. The number of allylic oxidation sites excluding steroid dienone is 3. The van der Waals surface area contributed by atoms with Crippen LogP contribution in [0, 0.1) is 17.8 Å². The fourth-order valence-electron chi connectivity index (χ4n) is 2.46. The second-order valence-corrected chi connectivity index (χ2v) is 4.16. The summed E-state index contributed by atoms with van der Waals surface area (Å²) in [7, 11) is 1.47. The molecule has 2 rings (SSSR count). The molecule has 1 heterocycles. The quantitative estimate of drug-likeness (QED) is 0.387. The Kier molecular flexibility index (Phi) is 2.50. The van der Waals surface area contributed by atoms with Crippen molar-refractivity contribution in [3.05, 3.63) is 24.8 Å². The third-order valence-corrected chi connectivity index (χ3v) is 3.35. The normalized spacial score (nSPS) is 32.8. The van der Waals surface area contributed by atoms with Crippen molar-refractivity contribution in [3.63, 3.8) is 0 Å². The zero-order valence-corrected chi connectivity index (χ0v) is 9.05. The van der Waals surface area contributed by atoms with Gasteiger partial charge in [-0.3, -0.25) is 19.3 Å². The number of amides is 2. The molecule has 0 saturated carbocycles. The van der Waals surface area contributed by atoms with E-state index in [0.29, 0.717) is 6.42 Å². The van der Waals surface area contributed by atoms with E-state index >= 15 is 0 Å². The largest absolute Gasteiger partial charge is 0.294 e. The van der Waals surface area contributed by atoms with Crippen LogP contribution in [-0.2, 0) is 14.4 Å². The van der Waals surface area contributed by atoms with Crippen LogP contribution >= 0.6 is 0 Å². The highest BCUT2D eigenvalue weighted by molar-refractivity contribution is 6.08. The number of hydrogen-bond donors (Lipinski definition) is 0. The lowest BCUT2D eigenvalue weighted by Gasteiger charge is -2.23. The van der Waals surface area contributed by atoms with Crippen LogP contribution in [0.15, 0.2) is 24.8 Å². The van der Waals surface area contributed by atoms with Gasteiger partial charge in [-0.2, -0.15) is 0 Å². The van der Waals surface area contributed by atoms with Gasteiger partial charge in [-0.15, -0.1) is 0 Å². The van der Waals surface area contributed by atoms with Crippen LogP contribution in [0.3, 0.4) is 0 Å². The van der Waals surface area contributed by atoms with Gasteiger partial charge in [0.15, 0.2) is 5.78 Å². The average Bonchev–Trinajstić information content (AvgIpc) is 2.54. The molecule has 4 nitrogen and oxygen atoms in total. The van der Waals surface area contributed by atoms with Gasteiger partial charge in [-0.25, -0.2) is 0 Å². The number of ketones is 1. The topological polar surface area (TPSA) is 54.5 Å². The first-order valence-corrected chi connectivity index (χ1v) is 5.22. The third-order valence-electron chi connectivity index (χ3n) is 3.35. The summed E-state index contributed by atoms with van der Waals surface area (Å²) in [6.07, 6.45) is 5.28. The number of carbonyl (C=O) groups is 3. The zero-order chi connectivity index (χ0) is 11.9. The molecule has 0 bridgehead atoms. The first-order chi connectivity index (χ1) is 7.57. The summed E-state index contributed by atoms with van der Waals surface area (Å²) < 4.78 is 0. The zero-order valence-electron chi connectivity index (χ0n) is 9.05. The minimum Gasteiger partial charge on any atom is -0.294 e. The molecular formula is C12H13NO3. The molecule has 0 radical (unpaired) electrons.